The summed E-state index contributed by atoms with van der Waals surface area (Å²) in [5.41, 5.74) is 1.36. The fraction of sp³-hybridized carbons (Fsp3) is 0.176. The summed E-state index contributed by atoms with van der Waals surface area (Å²) in [5.74, 6) is -0.842. The number of amides is 2. The van der Waals surface area contributed by atoms with Gasteiger partial charge in [0.15, 0.2) is 0 Å². The smallest absolute Gasteiger partial charge is 0.257 e. The van der Waals surface area contributed by atoms with Crippen molar-refractivity contribution in [3.05, 3.63) is 59.9 Å². The van der Waals surface area contributed by atoms with E-state index in [1.807, 2.05) is 6.07 Å². The number of hydrogen-bond donors (Lipinski definition) is 2. The molecule has 0 fully saturated rings. The first-order valence-electron chi connectivity index (χ1n) is 7.09. The van der Waals surface area contributed by atoms with E-state index in [9.17, 15) is 9.59 Å². The SMILES string of the molecule is CC(C#N)CNC(=O)c1cccc(NC(=O)c2cccnc2)c1. The lowest BCUT2D eigenvalue weighted by Gasteiger charge is -2.09. The normalized spacial score (nSPS) is 11.1. The molecule has 1 unspecified atom stereocenters. The lowest BCUT2D eigenvalue weighted by Crippen LogP contribution is -2.27. The predicted octanol–water partition coefficient (Wildman–Crippen LogP) is 2.22. The van der Waals surface area contributed by atoms with E-state index in [2.05, 4.69) is 15.6 Å². The molecule has 23 heavy (non-hydrogen) atoms. The summed E-state index contributed by atoms with van der Waals surface area (Å²) < 4.78 is 0. The molecule has 1 aromatic heterocycles. The number of carbonyl (C=O) groups is 2. The fourth-order valence-electron chi connectivity index (χ4n) is 1.83. The molecule has 0 saturated heterocycles. The number of benzene rings is 1. The van der Waals surface area contributed by atoms with E-state index in [0.29, 0.717) is 16.8 Å². The van der Waals surface area contributed by atoms with Crippen LogP contribution in [0.4, 0.5) is 5.69 Å². The Hall–Kier alpha value is -3.20. The molecule has 6 heteroatoms. The van der Waals surface area contributed by atoms with Crippen molar-refractivity contribution >= 4 is 17.5 Å². The van der Waals surface area contributed by atoms with Gasteiger partial charge < -0.3 is 10.6 Å². The Bertz CT molecular complexity index is 738. The lowest BCUT2D eigenvalue weighted by atomic mass is 10.1. The Morgan fingerprint density at radius 1 is 1.22 bits per heavy atom. The summed E-state index contributed by atoms with van der Waals surface area (Å²) in [6.45, 7) is 2.01. The second kappa shape index (κ2) is 7.71. The minimum absolute atomic E-state index is 0.257. The van der Waals surface area contributed by atoms with Gasteiger partial charge in [-0.05, 0) is 37.3 Å². The van der Waals surface area contributed by atoms with Gasteiger partial charge >= 0.3 is 0 Å². The van der Waals surface area contributed by atoms with Gasteiger partial charge in [-0.3, -0.25) is 14.6 Å². The molecule has 2 rings (SSSR count). The first-order valence-corrected chi connectivity index (χ1v) is 7.09. The number of aromatic nitrogens is 1. The van der Waals surface area contributed by atoms with Crippen molar-refractivity contribution < 1.29 is 9.59 Å². The van der Waals surface area contributed by atoms with Crippen LogP contribution < -0.4 is 10.6 Å². The monoisotopic (exact) mass is 308 g/mol. The Balaban J connectivity index is 2.04. The molecular formula is C17H16N4O2. The number of nitrogens with zero attached hydrogens (tertiary/aromatic N) is 2. The van der Waals surface area contributed by atoms with Gasteiger partial charge in [-0.2, -0.15) is 5.26 Å². The van der Waals surface area contributed by atoms with E-state index in [0.717, 1.165) is 0 Å². The van der Waals surface area contributed by atoms with Crippen molar-refractivity contribution in [2.75, 3.05) is 11.9 Å². The second-order valence-electron chi connectivity index (χ2n) is 5.02. The number of rotatable bonds is 5. The van der Waals surface area contributed by atoms with Crippen molar-refractivity contribution in [2.24, 2.45) is 5.92 Å². The van der Waals surface area contributed by atoms with Crippen LogP contribution in [0.15, 0.2) is 48.8 Å². The number of nitriles is 1. The van der Waals surface area contributed by atoms with Crippen molar-refractivity contribution in [1.29, 1.82) is 5.26 Å². The van der Waals surface area contributed by atoms with Crippen LogP contribution in [0.3, 0.4) is 0 Å². The second-order valence-corrected chi connectivity index (χ2v) is 5.02. The van der Waals surface area contributed by atoms with E-state index >= 15 is 0 Å². The van der Waals surface area contributed by atoms with Gasteiger partial charge in [-0.1, -0.05) is 6.07 Å². The molecule has 0 radical (unpaired) electrons. The number of anilines is 1. The van der Waals surface area contributed by atoms with Gasteiger partial charge in [0.05, 0.1) is 17.6 Å². The Labute approximate surface area is 134 Å². The topological polar surface area (TPSA) is 94.9 Å². The fourth-order valence-corrected chi connectivity index (χ4v) is 1.83. The Morgan fingerprint density at radius 3 is 2.70 bits per heavy atom. The van der Waals surface area contributed by atoms with Crippen LogP contribution in [0.2, 0.25) is 0 Å². The van der Waals surface area contributed by atoms with E-state index in [1.54, 1.807) is 49.5 Å². The standard InChI is InChI=1S/C17H16N4O2/c1-12(9-18)10-20-16(22)13-4-2-6-15(8-13)21-17(23)14-5-3-7-19-11-14/h2-8,11-12H,10H2,1H3,(H,20,22)(H,21,23). The summed E-state index contributed by atoms with van der Waals surface area (Å²) in [6, 6.07) is 12.0. The van der Waals surface area contributed by atoms with Crippen LogP contribution >= 0.6 is 0 Å². The molecular weight excluding hydrogens is 292 g/mol. The van der Waals surface area contributed by atoms with Crippen LogP contribution in [-0.4, -0.2) is 23.3 Å². The minimum Gasteiger partial charge on any atom is -0.351 e. The highest BCUT2D eigenvalue weighted by atomic mass is 16.2. The van der Waals surface area contributed by atoms with E-state index in [4.69, 9.17) is 5.26 Å². The molecule has 0 saturated carbocycles. The average molecular weight is 308 g/mol. The van der Waals surface area contributed by atoms with Crippen LogP contribution in [0.5, 0.6) is 0 Å². The maximum atomic E-state index is 12.1. The Morgan fingerprint density at radius 2 is 2.00 bits per heavy atom. The van der Waals surface area contributed by atoms with Crippen LogP contribution in [0.1, 0.15) is 27.6 Å². The van der Waals surface area contributed by atoms with E-state index < -0.39 is 0 Å². The van der Waals surface area contributed by atoms with Gasteiger partial charge in [0.2, 0.25) is 0 Å². The minimum atomic E-state index is -0.297. The zero-order valence-corrected chi connectivity index (χ0v) is 12.6. The summed E-state index contributed by atoms with van der Waals surface area (Å²) in [7, 11) is 0. The summed E-state index contributed by atoms with van der Waals surface area (Å²) in [6.07, 6.45) is 3.05. The maximum absolute atomic E-state index is 12.1. The lowest BCUT2D eigenvalue weighted by molar-refractivity contribution is 0.0949. The number of nitrogens with one attached hydrogen (secondary N) is 2. The van der Waals surface area contributed by atoms with E-state index in [-0.39, 0.29) is 24.3 Å². The van der Waals surface area contributed by atoms with Crippen molar-refractivity contribution in [1.82, 2.24) is 10.3 Å². The molecule has 2 N–H and O–H groups in total. The largest absolute Gasteiger partial charge is 0.351 e. The highest BCUT2D eigenvalue weighted by molar-refractivity contribution is 6.04. The molecule has 1 heterocycles. The third kappa shape index (κ3) is 4.64. The molecule has 0 aliphatic rings. The predicted molar refractivity (Wildman–Crippen MR) is 85.7 cm³/mol. The van der Waals surface area contributed by atoms with E-state index in [1.165, 1.54) is 6.20 Å². The molecule has 2 amide bonds. The molecule has 1 atom stereocenters. The van der Waals surface area contributed by atoms with Gasteiger partial charge in [0.1, 0.15) is 0 Å². The number of hydrogen-bond acceptors (Lipinski definition) is 4. The highest BCUT2D eigenvalue weighted by Crippen LogP contribution is 2.12. The first-order chi connectivity index (χ1) is 11.1. The molecule has 0 aliphatic carbocycles. The first kappa shape index (κ1) is 16.2. The van der Waals surface area contributed by atoms with Gasteiger partial charge in [0, 0.05) is 30.2 Å². The average Bonchev–Trinajstić information content (AvgIpc) is 2.60. The molecule has 0 aliphatic heterocycles. The number of carbonyl (C=O) groups excluding carboxylic acids is 2. The third-order valence-corrected chi connectivity index (χ3v) is 3.10. The zero-order chi connectivity index (χ0) is 16.7. The van der Waals surface area contributed by atoms with Crippen molar-refractivity contribution in [3.63, 3.8) is 0 Å². The molecule has 1 aromatic carbocycles. The molecule has 0 bridgehead atoms. The zero-order valence-electron chi connectivity index (χ0n) is 12.6. The van der Waals surface area contributed by atoms with Crippen LogP contribution in [-0.2, 0) is 0 Å². The highest BCUT2D eigenvalue weighted by Gasteiger charge is 2.10. The number of pyridine rings is 1. The maximum Gasteiger partial charge on any atom is 0.257 e. The molecule has 116 valence electrons. The summed E-state index contributed by atoms with van der Waals surface area (Å²) in [5, 5.41) is 14.1. The van der Waals surface area contributed by atoms with Crippen LogP contribution in [0.25, 0.3) is 0 Å². The summed E-state index contributed by atoms with van der Waals surface area (Å²) >= 11 is 0. The van der Waals surface area contributed by atoms with Gasteiger partial charge in [-0.25, -0.2) is 0 Å². The van der Waals surface area contributed by atoms with Crippen LogP contribution in [0, 0.1) is 17.2 Å². The van der Waals surface area contributed by atoms with Crippen molar-refractivity contribution in [2.45, 2.75) is 6.92 Å². The van der Waals surface area contributed by atoms with Gasteiger partial charge in [-0.15, -0.1) is 0 Å². The summed E-state index contributed by atoms with van der Waals surface area (Å²) in [4.78, 5) is 28.0. The Kier molecular flexibility index (Phi) is 5.42. The quantitative estimate of drug-likeness (QED) is 0.885. The molecule has 0 spiro atoms. The molecule has 6 nitrogen and oxygen atoms in total. The molecule has 2 aromatic rings. The van der Waals surface area contributed by atoms with Gasteiger partial charge in [0.25, 0.3) is 11.8 Å². The van der Waals surface area contributed by atoms with Crippen molar-refractivity contribution in [3.8, 4) is 6.07 Å². The third-order valence-electron chi connectivity index (χ3n) is 3.10.